The number of benzene rings is 1. The van der Waals surface area contributed by atoms with Crippen LogP contribution >= 0.6 is 0 Å². The van der Waals surface area contributed by atoms with E-state index in [0.717, 1.165) is 0 Å². The SMILES string of the molecule is CCc1cc2c(cc1[N+](=O)[O-])OCC(N)=N2. The second-order valence-corrected chi connectivity index (χ2v) is 3.45. The summed E-state index contributed by atoms with van der Waals surface area (Å²) in [5.74, 6) is 0.793. The fourth-order valence-corrected chi connectivity index (χ4v) is 1.60. The summed E-state index contributed by atoms with van der Waals surface area (Å²) in [6.07, 6.45) is 0.568. The molecule has 0 aliphatic carbocycles. The summed E-state index contributed by atoms with van der Waals surface area (Å²) in [4.78, 5) is 14.5. The van der Waals surface area contributed by atoms with Gasteiger partial charge in [0.15, 0.2) is 5.75 Å². The van der Waals surface area contributed by atoms with E-state index in [-0.39, 0.29) is 12.3 Å². The summed E-state index contributed by atoms with van der Waals surface area (Å²) in [5.41, 5.74) is 6.79. The number of fused-ring (bicyclic) bond motifs is 1. The Labute approximate surface area is 91.9 Å². The highest BCUT2D eigenvalue weighted by molar-refractivity contribution is 5.87. The van der Waals surface area contributed by atoms with Gasteiger partial charge in [-0.25, -0.2) is 4.99 Å². The van der Waals surface area contributed by atoms with Crippen LogP contribution < -0.4 is 10.5 Å². The monoisotopic (exact) mass is 221 g/mol. The van der Waals surface area contributed by atoms with Gasteiger partial charge in [-0.2, -0.15) is 0 Å². The molecule has 0 radical (unpaired) electrons. The minimum absolute atomic E-state index is 0.0666. The number of hydrogen-bond acceptors (Lipinski definition) is 5. The summed E-state index contributed by atoms with van der Waals surface area (Å²) in [6, 6.07) is 3.06. The zero-order chi connectivity index (χ0) is 11.7. The number of nitro groups is 1. The number of rotatable bonds is 2. The molecule has 84 valence electrons. The van der Waals surface area contributed by atoms with E-state index in [0.29, 0.717) is 29.3 Å². The number of aryl methyl sites for hydroxylation is 1. The quantitative estimate of drug-likeness (QED) is 0.605. The third-order valence-corrected chi connectivity index (χ3v) is 2.38. The third-order valence-electron chi connectivity index (χ3n) is 2.38. The molecule has 1 aliphatic rings. The smallest absolute Gasteiger partial charge is 0.276 e. The Hall–Kier alpha value is -2.11. The van der Waals surface area contributed by atoms with Crippen LogP contribution in [0.3, 0.4) is 0 Å². The molecule has 2 rings (SSSR count). The minimum atomic E-state index is -0.413. The van der Waals surface area contributed by atoms with Gasteiger partial charge in [-0.1, -0.05) is 6.92 Å². The van der Waals surface area contributed by atoms with Gasteiger partial charge >= 0.3 is 0 Å². The summed E-state index contributed by atoms with van der Waals surface area (Å²) >= 11 is 0. The van der Waals surface area contributed by atoms with Crippen LogP contribution in [0.2, 0.25) is 0 Å². The van der Waals surface area contributed by atoms with E-state index in [2.05, 4.69) is 4.99 Å². The summed E-state index contributed by atoms with van der Waals surface area (Å²) < 4.78 is 5.27. The van der Waals surface area contributed by atoms with Crippen LogP contribution in [0.15, 0.2) is 17.1 Å². The molecule has 0 aromatic heterocycles. The zero-order valence-electron chi connectivity index (χ0n) is 8.77. The lowest BCUT2D eigenvalue weighted by Crippen LogP contribution is -2.23. The van der Waals surface area contributed by atoms with Gasteiger partial charge < -0.3 is 10.5 Å². The number of aliphatic imine (C=N–C) groups is 1. The number of nitrogens with two attached hydrogens (primary N) is 1. The fraction of sp³-hybridized carbons (Fsp3) is 0.300. The molecule has 0 saturated heterocycles. The van der Waals surface area contributed by atoms with Crippen LogP contribution in [0.25, 0.3) is 0 Å². The van der Waals surface area contributed by atoms with Crippen molar-refractivity contribution >= 4 is 17.2 Å². The second kappa shape index (κ2) is 3.80. The highest BCUT2D eigenvalue weighted by Gasteiger charge is 2.20. The molecule has 0 bridgehead atoms. The van der Waals surface area contributed by atoms with Gasteiger partial charge in [0.2, 0.25) is 0 Å². The molecule has 0 unspecified atom stereocenters. The van der Waals surface area contributed by atoms with Crippen molar-refractivity contribution in [1.29, 1.82) is 0 Å². The Bertz CT molecular complexity index is 482. The number of ether oxygens (including phenoxy) is 1. The Morgan fingerprint density at radius 1 is 1.62 bits per heavy atom. The molecule has 0 fully saturated rings. The molecule has 1 aromatic rings. The van der Waals surface area contributed by atoms with Gasteiger partial charge in [0, 0.05) is 5.56 Å². The molecule has 1 heterocycles. The summed E-state index contributed by atoms with van der Waals surface area (Å²) in [5, 5.41) is 10.8. The molecule has 1 aliphatic heterocycles. The average molecular weight is 221 g/mol. The van der Waals surface area contributed by atoms with Gasteiger partial charge in [-0.3, -0.25) is 10.1 Å². The van der Waals surface area contributed by atoms with E-state index in [1.807, 2.05) is 6.92 Å². The van der Waals surface area contributed by atoms with Crippen LogP contribution in [0.4, 0.5) is 11.4 Å². The first kappa shape index (κ1) is 10.4. The first-order valence-electron chi connectivity index (χ1n) is 4.89. The van der Waals surface area contributed by atoms with Gasteiger partial charge in [0.1, 0.15) is 18.1 Å². The molecule has 0 atom stereocenters. The second-order valence-electron chi connectivity index (χ2n) is 3.45. The van der Waals surface area contributed by atoms with Crippen molar-refractivity contribution in [2.75, 3.05) is 6.61 Å². The Morgan fingerprint density at radius 3 is 3.00 bits per heavy atom. The molecule has 2 N–H and O–H groups in total. The van der Waals surface area contributed by atoms with Crippen LogP contribution in [0.5, 0.6) is 5.75 Å². The van der Waals surface area contributed by atoms with Gasteiger partial charge in [0.25, 0.3) is 5.69 Å². The summed E-state index contributed by atoms with van der Waals surface area (Å²) in [6.45, 7) is 2.03. The molecule has 6 heteroatoms. The molecule has 1 aromatic carbocycles. The molecule has 16 heavy (non-hydrogen) atoms. The van der Waals surface area contributed by atoms with Crippen LogP contribution in [0, 0.1) is 10.1 Å². The van der Waals surface area contributed by atoms with Crippen LogP contribution in [-0.4, -0.2) is 17.4 Å². The third kappa shape index (κ3) is 1.69. The first-order valence-corrected chi connectivity index (χ1v) is 4.89. The molecule has 0 amide bonds. The largest absolute Gasteiger partial charge is 0.483 e. The van der Waals surface area contributed by atoms with Gasteiger partial charge in [-0.05, 0) is 12.5 Å². The van der Waals surface area contributed by atoms with Crippen LogP contribution in [0.1, 0.15) is 12.5 Å². The molecular weight excluding hydrogens is 210 g/mol. The van der Waals surface area contributed by atoms with Crippen molar-refractivity contribution in [2.24, 2.45) is 10.7 Å². The predicted octanol–water partition coefficient (Wildman–Crippen LogP) is 1.54. The van der Waals surface area contributed by atoms with Crippen molar-refractivity contribution in [2.45, 2.75) is 13.3 Å². The molecule has 0 spiro atoms. The lowest BCUT2D eigenvalue weighted by molar-refractivity contribution is -0.385. The van der Waals surface area contributed by atoms with E-state index in [1.54, 1.807) is 6.07 Å². The van der Waals surface area contributed by atoms with E-state index in [9.17, 15) is 10.1 Å². The van der Waals surface area contributed by atoms with Crippen molar-refractivity contribution in [3.63, 3.8) is 0 Å². The topological polar surface area (TPSA) is 90.8 Å². The van der Waals surface area contributed by atoms with Crippen molar-refractivity contribution in [3.8, 4) is 5.75 Å². The number of amidine groups is 1. The highest BCUT2D eigenvalue weighted by Crippen LogP contribution is 2.36. The maximum atomic E-state index is 10.8. The predicted molar refractivity (Wildman–Crippen MR) is 59.3 cm³/mol. The van der Waals surface area contributed by atoms with Crippen molar-refractivity contribution < 1.29 is 9.66 Å². The molecular formula is C10H11N3O3. The fourth-order valence-electron chi connectivity index (χ4n) is 1.60. The summed E-state index contributed by atoms with van der Waals surface area (Å²) in [7, 11) is 0. The molecule has 6 nitrogen and oxygen atoms in total. The van der Waals surface area contributed by atoms with E-state index in [1.165, 1.54) is 6.07 Å². The first-order chi connectivity index (χ1) is 7.61. The van der Waals surface area contributed by atoms with Crippen molar-refractivity contribution in [1.82, 2.24) is 0 Å². The van der Waals surface area contributed by atoms with E-state index >= 15 is 0 Å². The lowest BCUT2D eigenvalue weighted by Gasteiger charge is -2.15. The standard InChI is InChI=1S/C10H11N3O3/c1-2-6-3-7-9(4-8(6)13(14)15)16-5-10(11)12-7/h3-4H,2,5H2,1H3,(H2,11,12). The minimum Gasteiger partial charge on any atom is -0.483 e. The highest BCUT2D eigenvalue weighted by atomic mass is 16.6. The Balaban J connectivity index is 2.57. The maximum Gasteiger partial charge on any atom is 0.276 e. The van der Waals surface area contributed by atoms with Gasteiger partial charge in [-0.15, -0.1) is 0 Å². The van der Waals surface area contributed by atoms with E-state index < -0.39 is 4.92 Å². The maximum absolute atomic E-state index is 10.8. The number of nitrogens with zero attached hydrogens (tertiary/aromatic N) is 2. The average Bonchev–Trinajstić information content (AvgIpc) is 2.26. The number of hydrogen-bond donors (Lipinski definition) is 1. The zero-order valence-corrected chi connectivity index (χ0v) is 8.77. The van der Waals surface area contributed by atoms with Gasteiger partial charge in [0.05, 0.1) is 11.0 Å². The molecule has 0 saturated carbocycles. The normalized spacial score (nSPS) is 13.7. The van der Waals surface area contributed by atoms with Crippen molar-refractivity contribution in [3.05, 3.63) is 27.8 Å². The van der Waals surface area contributed by atoms with Crippen LogP contribution in [-0.2, 0) is 6.42 Å². The lowest BCUT2D eigenvalue weighted by atomic mass is 10.1. The Kier molecular flexibility index (Phi) is 2.47. The van der Waals surface area contributed by atoms with E-state index in [4.69, 9.17) is 10.5 Å². The Morgan fingerprint density at radius 2 is 2.38 bits per heavy atom. The number of nitro benzene ring substituents is 1.